The van der Waals surface area contributed by atoms with Crippen molar-refractivity contribution in [1.82, 2.24) is 9.62 Å². The van der Waals surface area contributed by atoms with Crippen molar-refractivity contribution in [2.24, 2.45) is 5.92 Å². The number of ether oxygens (including phenoxy) is 3. The summed E-state index contributed by atoms with van der Waals surface area (Å²) in [4.78, 5) is 12.8. The third-order valence-corrected chi connectivity index (χ3v) is 7.50. The maximum atomic E-state index is 13.3. The fourth-order valence-electron chi connectivity index (χ4n) is 3.77. The molecule has 1 aliphatic rings. The lowest BCUT2D eigenvalue weighted by Gasteiger charge is -2.31. The molecule has 0 aromatic heterocycles. The van der Waals surface area contributed by atoms with Crippen molar-refractivity contribution >= 4 is 15.9 Å². The number of methoxy groups -OCH3 is 3. The fraction of sp³-hybridized carbons (Fsp3) is 0.435. The number of carbonyl (C=O) groups excluding carboxylic acids is 1. The minimum absolute atomic E-state index is 0.0416. The van der Waals surface area contributed by atoms with Gasteiger partial charge in [-0.2, -0.15) is 4.31 Å². The maximum absolute atomic E-state index is 13.3. The normalized spacial score (nSPS) is 16.9. The smallest absolute Gasteiger partial charge is 0.246 e. The maximum Gasteiger partial charge on any atom is 0.246 e. The molecule has 0 saturated carbocycles. The predicted octanol–water partition coefficient (Wildman–Crippen LogP) is 2.47. The lowest BCUT2D eigenvalue weighted by Crippen LogP contribution is -2.45. The second-order valence-electron chi connectivity index (χ2n) is 7.61. The number of hydrogen-bond donors (Lipinski definition) is 1. The number of rotatable bonds is 9. The Morgan fingerprint density at radius 3 is 2.38 bits per heavy atom. The monoisotopic (exact) mass is 462 g/mol. The van der Waals surface area contributed by atoms with Gasteiger partial charge in [0.2, 0.25) is 15.9 Å². The molecule has 1 saturated heterocycles. The van der Waals surface area contributed by atoms with Gasteiger partial charge in [0.15, 0.2) is 0 Å². The number of carbonyl (C=O) groups is 1. The molecule has 0 bridgehead atoms. The molecule has 0 unspecified atom stereocenters. The first-order chi connectivity index (χ1) is 15.4. The number of benzene rings is 2. The average Bonchev–Trinajstić information content (AvgIpc) is 2.84. The summed E-state index contributed by atoms with van der Waals surface area (Å²) in [7, 11) is 0.685. The van der Waals surface area contributed by atoms with Gasteiger partial charge in [-0.15, -0.1) is 0 Å². The highest BCUT2D eigenvalue weighted by atomic mass is 32.2. The second kappa shape index (κ2) is 10.7. The average molecular weight is 463 g/mol. The van der Waals surface area contributed by atoms with Gasteiger partial charge in [-0.25, -0.2) is 8.42 Å². The largest absolute Gasteiger partial charge is 0.497 e. The van der Waals surface area contributed by atoms with Crippen molar-refractivity contribution in [3.8, 4) is 17.2 Å². The van der Waals surface area contributed by atoms with E-state index in [4.69, 9.17) is 14.2 Å². The van der Waals surface area contributed by atoms with Gasteiger partial charge in [0.1, 0.15) is 22.1 Å². The van der Waals surface area contributed by atoms with Crippen LogP contribution >= 0.6 is 0 Å². The SMILES string of the molecule is COc1ccc(CCNC(=O)[C@@H]2CCCN(S(=O)(=O)c3cc(OC)ccc3OC)C2)cc1. The Balaban J connectivity index is 1.63. The zero-order chi connectivity index (χ0) is 23.1. The quantitative estimate of drug-likeness (QED) is 0.615. The van der Waals surface area contributed by atoms with Crippen LogP contribution in [0, 0.1) is 5.92 Å². The Kier molecular flexibility index (Phi) is 7.98. The molecule has 1 heterocycles. The molecular formula is C23H30N2O6S. The van der Waals surface area contributed by atoms with Gasteiger partial charge >= 0.3 is 0 Å². The standard InChI is InChI=1S/C23H30N2O6S/c1-29-19-8-6-17(7-9-19)12-13-24-23(26)18-5-4-14-25(16-18)32(27,28)22-15-20(30-2)10-11-21(22)31-3/h6-11,15,18H,4-5,12-14,16H2,1-3H3,(H,24,26)/t18-/m1/s1. The summed E-state index contributed by atoms with van der Waals surface area (Å²) in [5, 5.41) is 2.95. The van der Waals surface area contributed by atoms with Crippen LogP contribution in [-0.2, 0) is 21.2 Å². The molecule has 1 aliphatic heterocycles. The van der Waals surface area contributed by atoms with E-state index in [9.17, 15) is 13.2 Å². The number of piperidine rings is 1. The van der Waals surface area contributed by atoms with Crippen LogP contribution < -0.4 is 19.5 Å². The molecule has 0 aliphatic carbocycles. The molecule has 174 valence electrons. The van der Waals surface area contributed by atoms with Crippen LogP contribution in [0.1, 0.15) is 18.4 Å². The lowest BCUT2D eigenvalue weighted by atomic mass is 9.99. The Morgan fingerprint density at radius 2 is 1.72 bits per heavy atom. The van der Waals surface area contributed by atoms with E-state index in [2.05, 4.69) is 5.32 Å². The third-order valence-electron chi connectivity index (χ3n) is 5.62. The molecule has 0 radical (unpaired) electrons. The Labute approximate surface area is 189 Å². The van der Waals surface area contributed by atoms with Gasteiger partial charge in [-0.05, 0) is 49.1 Å². The van der Waals surface area contributed by atoms with Gasteiger partial charge in [0.05, 0.1) is 27.2 Å². The van der Waals surface area contributed by atoms with Gasteiger partial charge in [0, 0.05) is 25.7 Å². The van der Waals surface area contributed by atoms with E-state index in [1.807, 2.05) is 24.3 Å². The zero-order valence-electron chi connectivity index (χ0n) is 18.7. The van der Waals surface area contributed by atoms with Crippen LogP contribution in [0.5, 0.6) is 17.2 Å². The van der Waals surface area contributed by atoms with Crippen LogP contribution in [0.2, 0.25) is 0 Å². The first kappa shape index (κ1) is 23.9. The van der Waals surface area contributed by atoms with E-state index in [1.165, 1.54) is 24.6 Å². The van der Waals surface area contributed by atoms with E-state index < -0.39 is 15.9 Å². The summed E-state index contributed by atoms with van der Waals surface area (Å²) in [5.74, 6) is 0.932. The highest BCUT2D eigenvalue weighted by Gasteiger charge is 2.35. The molecule has 2 aromatic rings. The topological polar surface area (TPSA) is 94.2 Å². The Bertz CT molecular complexity index is 1020. The molecule has 2 aromatic carbocycles. The molecule has 32 heavy (non-hydrogen) atoms. The molecule has 1 N–H and O–H groups in total. The molecular weight excluding hydrogens is 432 g/mol. The number of nitrogens with one attached hydrogen (secondary N) is 1. The highest BCUT2D eigenvalue weighted by Crippen LogP contribution is 2.32. The summed E-state index contributed by atoms with van der Waals surface area (Å²) in [6, 6.07) is 12.4. The molecule has 0 spiro atoms. The van der Waals surface area contributed by atoms with Crippen molar-refractivity contribution in [3.63, 3.8) is 0 Å². The minimum Gasteiger partial charge on any atom is -0.497 e. The van der Waals surface area contributed by atoms with Crippen LogP contribution in [0.25, 0.3) is 0 Å². The Morgan fingerprint density at radius 1 is 1.03 bits per heavy atom. The van der Waals surface area contributed by atoms with E-state index in [0.29, 0.717) is 38.1 Å². The van der Waals surface area contributed by atoms with Crippen LogP contribution in [0.15, 0.2) is 47.4 Å². The van der Waals surface area contributed by atoms with E-state index in [0.717, 1.165) is 11.3 Å². The van der Waals surface area contributed by atoms with E-state index in [-0.39, 0.29) is 23.1 Å². The van der Waals surface area contributed by atoms with Crippen molar-refractivity contribution in [2.75, 3.05) is 41.0 Å². The van der Waals surface area contributed by atoms with Crippen molar-refractivity contribution in [1.29, 1.82) is 0 Å². The molecule has 8 nitrogen and oxygen atoms in total. The zero-order valence-corrected chi connectivity index (χ0v) is 19.5. The van der Waals surface area contributed by atoms with Gasteiger partial charge in [-0.3, -0.25) is 4.79 Å². The van der Waals surface area contributed by atoms with Crippen LogP contribution in [0.4, 0.5) is 0 Å². The van der Waals surface area contributed by atoms with E-state index in [1.54, 1.807) is 19.2 Å². The first-order valence-corrected chi connectivity index (χ1v) is 12.0. The van der Waals surface area contributed by atoms with Gasteiger partial charge in [0.25, 0.3) is 0 Å². The predicted molar refractivity (Wildman–Crippen MR) is 121 cm³/mol. The summed E-state index contributed by atoms with van der Waals surface area (Å²) < 4.78 is 43.6. The minimum atomic E-state index is -3.84. The molecule has 3 rings (SSSR count). The molecule has 1 amide bonds. The number of sulfonamides is 1. The highest BCUT2D eigenvalue weighted by molar-refractivity contribution is 7.89. The van der Waals surface area contributed by atoms with Crippen molar-refractivity contribution in [2.45, 2.75) is 24.2 Å². The summed E-state index contributed by atoms with van der Waals surface area (Å²) in [6.45, 7) is 0.980. The molecule has 1 atom stereocenters. The fourth-order valence-corrected chi connectivity index (χ4v) is 5.46. The number of nitrogens with zero attached hydrogens (tertiary/aromatic N) is 1. The summed E-state index contributed by atoms with van der Waals surface area (Å²) >= 11 is 0. The Hall–Kier alpha value is -2.78. The second-order valence-corrected chi connectivity index (χ2v) is 9.51. The number of amides is 1. The number of hydrogen-bond acceptors (Lipinski definition) is 6. The lowest BCUT2D eigenvalue weighted by molar-refractivity contribution is -0.126. The van der Waals surface area contributed by atoms with Crippen LogP contribution in [0.3, 0.4) is 0 Å². The third kappa shape index (κ3) is 5.52. The van der Waals surface area contributed by atoms with Crippen molar-refractivity contribution < 1.29 is 27.4 Å². The van der Waals surface area contributed by atoms with Gasteiger partial charge in [-0.1, -0.05) is 12.1 Å². The van der Waals surface area contributed by atoms with Crippen molar-refractivity contribution in [3.05, 3.63) is 48.0 Å². The molecule has 1 fully saturated rings. The summed E-state index contributed by atoms with van der Waals surface area (Å²) in [5.41, 5.74) is 1.09. The van der Waals surface area contributed by atoms with Crippen LogP contribution in [-0.4, -0.2) is 59.6 Å². The van der Waals surface area contributed by atoms with Gasteiger partial charge < -0.3 is 19.5 Å². The molecule has 9 heteroatoms. The first-order valence-electron chi connectivity index (χ1n) is 10.5. The van der Waals surface area contributed by atoms with E-state index >= 15 is 0 Å². The summed E-state index contributed by atoms with van der Waals surface area (Å²) in [6.07, 6.45) is 1.95.